The van der Waals surface area contributed by atoms with Gasteiger partial charge in [0, 0.05) is 23.6 Å². The van der Waals surface area contributed by atoms with Gasteiger partial charge >= 0.3 is 5.76 Å². The van der Waals surface area contributed by atoms with Crippen molar-refractivity contribution >= 4 is 46.9 Å². The number of rotatable bonds is 7. The standard InChI is InChI=1S/C15H14Cl2N2O3.C10H19N5S/c1-5-6-21-12-8-11(9(16)7-10(12)17)19-14(20)22-13(18-19)15(2,3)4;1-6-11-7-12-8(15-10(2,3)4)14-9(13-7)16-5/h1,7-8H,6H2,2-4H3;6H2,1-5H3,(H2,11,12,13,14,15). The van der Waals surface area contributed by atoms with Crippen molar-refractivity contribution in [3.8, 4) is 23.8 Å². The Morgan fingerprint density at radius 1 is 1.11 bits per heavy atom. The Balaban J connectivity index is 0.000000281. The van der Waals surface area contributed by atoms with Crippen LogP contribution in [-0.2, 0) is 5.41 Å². The van der Waals surface area contributed by atoms with Crippen LogP contribution in [0.15, 0.2) is 26.5 Å². The zero-order valence-electron chi connectivity index (χ0n) is 22.8. The first-order valence-corrected chi connectivity index (χ1v) is 13.6. The fourth-order valence-corrected chi connectivity index (χ4v) is 3.59. The molecule has 13 heteroatoms. The van der Waals surface area contributed by atoms with Crippen LogP contribution in [0.2, 0.25) is 10.0 Å². The van der Waals surface area contributed by atoms with Gasteiger partial charge in [-0.05, 0) is 40.0 Å². The molecular weight excluding hydrogens is 549 g/mol. The summed E-state index contributed by atoms with van der Waals surface area (Å²) in [4.78, 5) is 24.9. The molecule has 0 bridgehead atoms. The third-order valence-corrected chi connectivity index (χ3v) is 5.49. The van der Waals surface area contributed by atoms with Gasteiger partial charge in [0.15, 0.2) is 5.16 Å². The van der Waals surface area contributed by atoms with Crippen LogP contribution in [0.4, 0.5) is 11.9 Å². The van der Waals surface area contributed by atoms with E-state index in [2.05, 4.69) is 57.4 Å². The van der Waals surface area contributed by atoms with E-state index in [4.69, 9.17) is 38.8 Å². The average Bonchev–Trinajstić information content (AvgIpc) is 3.20. The topological polar surface area (TPSA) is 120 Å². The van der Waals surface area contributed by atoms with Crippen molar-refractivity contribution in [2.75, 3.05) is 30.0 Å². The number of hydrogen-bond donors (Lipinski definition) is 2. The maximum atomic E-state index is 12.0. The minimum Gasteiger partial charge on any atom is -0.479 e. The molecule has 2 N–H and O–H groups in total. The first-order valence-electron chi connectivity index (χ1n) is 11.7. The summed E-state index contributed by atoms with van der Waals surface area (Å²) in [5.74, 6) is 3.54. The van der Waals surface area contributed by atoms with Crippen LogP contribution in [0.5, 0.6) is 5.75 Å². The summed E-state index contributed by atoms with van der Waals surface area (Å²) < 4.78 is 11.6. The molecule has 0 radical (unpaired) electrons. The number of nitrogens with one attached hydrogen (secondary N) is 2. The molecule has 0 amide bonds. The Morgan fingerprint density at radius 3 is 2.29 bits per heavy atom. The number of terminal acetylenes is 1. The van der Waals surface area contributed by atoms with E-state index in [9.17, 15) is 4.79 Å². The van der Waals surface area contributed by atoms with Crippen LogP contribution in [0, 0.1) is 12.3 Å². The van der Waals surface area contributed by atoms with E-state index in [0.717, 1.165) is 16.4 Å². The van der Waals surface area contributed by atoms with Crippen LogP contribution in [0.3, 0.4) is 0 Å². The number of ether oxygens (including phenoxy) is 1. The molecule has 206 valence electrons. The normalized spacial score (nSPS) is 11.3. The summed E-state index contributed by atoms with van der Waals surface area (Å²) in [6.07, 6.45) is 7.10. The summed E-state index contributed by atoms with van der Waals surface area (Å²) in [5, 5.41) is 11.8. The molecule has 0 atom stereocenters. The minimum atomic E-state index is -0.642. The van der Waals surface area contributed by atoms with E-state index >= 15 is 0 Å². The van der Waals surface area contributed by atoms with E-state index in [0.29, 0.717) is 29.2 Å². The molecule has 1 aromatic carbocycles. The van der Waals surface area contributed by atoms with Gasteiger partial charge in [0.2, 0.25) is 17.8 Å². The van der Waals surface area contributed by atoms with E-state index in [1.165, 1.54) is 23.9 Å². The van der Waals surface area contributed by atoms with Crippen molar-refractivity contribution in [1.29, 1.82) is 0 Å². The van der Waals surface area contributed by atoms with Crippen molar-refractivity contribution in [2.24, 2.45) is 0 Å². The maximum Gasteiger partial charge on any atom is 0.442 e. The van der Waals surface area contributed by atoms with Gasteiger partial charge in [-0.15, -0.1) is 11.5 Å². The second kappa shape index (κ2) is 13.2. The van der Waals surface area contributed by atoms with Crippen molar-refractivity contribution < 1.29 is 9.15 Å². The van der Waals surface area contributed by atoms with Gasteiger partial charge < -0.3 is 19.8 Å². The van der Waals surface area contributed by atoms with Gasteiger partial charge in [-0.1, -0.05) is 61.7 Å². The van der Waals surface area contributed by atoms with E-state index in [1.54, 1.807) is 0 Å². The number of hydrogen-bond acceptors (Lipinski definition) is 10. The monoisotopic (exact) mass is 581 g/mol. The largest absolute Gasteiger partial charge is 0.479 e. The van der Waals surface area contributed by atoms with E-state index < -0.39 is 11.2 Å². The van der Waals surface area contributed by atoms with Gasteiger partial charge in [-0.2, -0.15) is 19.6 Å². The van der Waals surface area contributed by atoms with Gasteiger partial charge in [-0.25, -0.2) is 4.79 Å². The number of thioether (sulfide) groups is 1. The molecule has 0 saturated heterocycles. The Kier molecular flexibility index (Phi) is 10.9. The molecule has 0 aliphatic rings. The van der Waals surface area contributed by atoms with Crippen LogP contribution >= 0.6 is 35.0 Å². The lowest BCUT2D eigenvalue weighted by Gasteiger charge is -2.20. The Labute approximate surface area is 237 Å². The Morgan fingerprint density at radius 2 is 1.76 bits per heavy atom. The van der Waals surface area contributed by atoms with Crippen LogP contribution < -0.4 is 21.1 Å². The smallest absolute Gasteiger partial charge is 0.442 e. The summed E-state index contributed by atoms with van der Waals surface area (Å²) in [6, 6.07) is 2.96. The molecule has 3 aromatic rings. The molecular formula is C25H33Cl2N7O3S. The second-order valence-electron chi connectivity index (χ2n) is 9.94. The molecule has 0 saturated carbocycles. The summed E-state index contributed by atoms with van der Waals surface area (Å²) in [6.45, 7) is 14.7. The lowest BCUT2D eigenvalue weighted by molar-refractivity contribution is 0.370. The van der Waals surface area contributed by atoms with E-state index in [1.807, 2.05) is 34.0 Å². The third kappa shape index (κ3) is 9.11. The molecule has 0 fully saturated rings. The zero-order chi connectivity index (χ0) is 28.7. The number of anilines is 2. The number of benzene rings is 1. The molecule has 0 unspecified atom stereocenters. The highest BCUT2D eigenvalue weighted by Crippen LogP contribution is 2.33. The summed E-state index contributed by atoms with van der Waals surface area (Å²) in [7, 11) is 0. The summed E-state index contributed by atoms with van der Waals surface area (Å²) >= 11 is 13.7. The number of nitrogens with zero attached hydrogens (tertiary/aromatic N) is 5. The zero-order valence-corrected chi connectivity index (χ0v) is 25.1. The Bertz CT molecular complexity index is 1340. The highest BCUT2D eigenvalue weighted by atomic mass is 35.5. The molecule has 0 aliphatic carbocycles. The fraction of sp³-hybridized carbons (Fsp3) is 0.480. The second-order valence-corrected chi connectivity index (χ2v) is 11.5. The number of halogens is 2. The van der Waals surface area contributed by atoms with Crippen molar-refractivity contribution in [3.63, 3.8) is 0 Å². The maximum absolute atomic E-state index is 12.0. The molecule has 2 heterocycles. The van der Waals surface area contributed by atoms with Crippen LogP contribution in [0.1, 0.15) is 54.4 Å². The summed E-state index contributed by atoms with van der Waals surface area (Å²) in [5.41, 5.74) is -0.158. The molecule has 0 aliphatic heterocycles. The lowest BCUT2D eigenvalue weighted by Crippen LogP contribution is -2.27. The van der Waals surface area contributed by atoms with E-state index in [-0.39, 0.29) is 22.2 Å². The quantitative estimate of drug-likeness (QED) is 0.266. The van der Waals surface area contributed by atoms with Gasteiger partial charge in [0.25, 0.3) is 0 Å². The number of aromatic nitrogens is 5. The predicted octanol–water partition coefficient (Wildman–Crippen LogP) is 5.68. The first kappa shape index (κ1) is 31.3. The average molecular weight is 583 g/mol. The van der Waals surface area contributed by atoms with Crippen molar-refractivity contribution in [2.45, 2.75) is 64.6 Å². The lowest BCUT2D eigenvalue weighted by atomic mass is 9.97. The van der Waals surface area contributed by atoms with Crippen LogP contribution in [0.25, 0.3) is 5.69 Å². The molecule has 38 heavy (non-hydrogen) atoms. The van der Waals surface area contributed by atoms with Gasteiger partial charge in [0.05, 0.1) is 15.7 Å². The molecule has 2 aromatic heterocycles. The fourth-order valence-electron chi connectivity index (χ4n) is 2.72. The van der Waals surface area contributed by atoms with Gasteiger partial charge in [-0.3, -0.25) is 0 Å². The molecule has 3 rings (SSSR count). The highest BCUT2D eigenvalue weighted by Gasteiger charge is 2.24. The first-order chi connectivity index (χ1) is 17.7. The Hall–Kier alpha value is -2.94. The van der Waals surface area contributed by atoms with Crippen LogP contribution in [-0.4, -0.2) is 49.7 Å². The van der Waals surface area contributed by atoms with Gasteiger partial charge in [0.1, 0.15) is 12.4 Å². The molecule has 0 spiro atoms. The predicted molar refractivity (Wildman–Crippen MR) is 154 cm³/mol. The van der Waals surface area contributed by atoms with Crippen molar-refractivity contribution in [1.82, 2.24) is 24.7 Å². The highest BCUT2D eigenvalue weighted by molar-refractivity contribution is 7.98. The minimum absolute atomic E-state index is 0.0434. The van der Waals surface area contributed by atoms with Crippen molar-refractivity contribution in [3.05, 3.63) is 38.6 Å². The third-order valence-electron chi connectivity index (χ3n) is 4.35. The SMILES string of the molecule is C#CCOc1cc(-n2nc(C(C)(C)C)oc2=O)c(Cl)cc1Cl.CCNc1nc(NC(C)(C)C)nc(SC)n1. The molecule has 10 nitrogen and oxygen atoms in total.